The molecule has 0 aliphatic carbocycles. The number of hydrogen-bond acceptors (Lipinski definition) is 5. The van der Waals surface area contributed by atoms with Crippen LogP contribution in [0.25, 0.3) is 0 Å². The predicted molar refractivity (Wildman–Crippen MR) is 80.8 cm³/mol. The minimum atomic E-state index is -0.0261. The maximum atomic E-state index is 9.56. The number of rotatable bonds is 3. The van der Waals surface area contributed by atoms with Gasteiger partial charge in [0.15, 0.2) is 0 Å². The van der Waals surface area contributed by atoms with E-state index < -0.39 is 0 Å². The largest absolute Gasteiger partial charge is 0.390 e. The average molecular weight is 281 g/mol. The minimum Gasteiger partial charge on any atom is -0.390 e. The highest BCUT2D eigenvalue weighted by Gasteiger charge is 2.28. The molecule has 0 saturated carbocycles. The van der Waals surface area contributed by atoms with Crippen LogP contribution in [0, 0.1) is 0 Å². The maximum Gasteiger partial charge on any atom is 0.131 e. The molecule has 0 atom stereocenters. The molecule has 0 bridgehead atoms. The number of aliphatic hydroxyl groups is 1. The number of thioether (sulfide) groups is 1. The lowest BCUT2D eigenvalue weighted by Crippen LogP contribution is -2.43. The normalized spacial score (nSPS) is 18.9. The third kappa shape index (κ3) is 3.39. The van der Waals surface area contributed by atoms with Crippen molar-refractivity contribution in [2.24, 2.45) is 0 Å². The molecule has 2 heterocycles. The smallest absolute Gasteiger partial charge is 0.131 e. The summed E-state index contributed by atoms with van der Waals surface area (Å²) in [6.07, 6.45) is 1.87. The van der Waals surface area contributed by atoms with Gasteiger partial charge < -0.3 is 10.0 Å². The summed E-state index contributed by atoms with van der Waals surface area (Å²) >= 11 is 2.00. The molecule has 19 heavy (non-hydrogen) atoms. The highest BCUT2D eigenvalue weighted by atomic mass is 32.2. The van der Waals surface area contributed by atoms with Gasteiger partial charge in [-0.3, -0.25) is 0 Å². The Hall–Kier alpha value is -0.810. The van der Waals surface area contributed by atoms with Crippen LogP contribution in [0.4, 0.5) is 5.69 Å². The Morgan fingerprint density at radius 3 is 2.79 bits per heavy atom. The Balaban J connectivity index is 2.29. The number of anilines is 1. The number of hydrogen-bond donors (Lipinski definition) is 1. The summed E-state index contributed by atoms with van der Waals surface area (Å²) in [5.74, 6) is 2.19. The van der Waals surface area contributed by atoms with E-state index in [-0.39, 0.29) is 17.3 Å². The van der Waals surface area contributed by atoms with Gasteiger partial charge in [-0.2, -0.15) is 11.8 Å². The lowest BCUT2D eigenvalue weighted by molar-refractivity contribution is 0.276. The quantitative estimate of drug-likeness (QED) is 0.922. The van der Waals surface area contributed by atoms with Crippen molar-refractivity contribution in [1.82, 2.24) is 9.97 Å². The minimum absolute atomic E-state index is 0.0261. The molecule has 0 aromatic carbocycles. The van der Waals surface area contributed by atoms with Crippen molar-refractivity contribution in [1.29, 1.82) is 0 Å². The van der Waals surface area contributed by atoms with Crippen LogP contribution in [0.2, 0.25) is 0 Å². The van der Waals surface area contributed by atoms with Gasteiger partial charge in [-0.15, -0.1) is 0 Å². The van der Waals surface area contributed by atoms with Gasteiger partial charge in [0.05, 0.1) is 24.2 Å². The van der Waals surface area contributed by atoms with Crippen molar-refractivity contribution in [3.8, 4) is 0 Å². The SMILES string of the molecule is CC(C)c1ncc(N2CCSC(C)(C)C2)c(CO)n1. The van der Waals surface area contributed by atoms with E-state index in [1.54, 1.807) is 0 Å². The molecule has 0 radical (unpaired) electrons. The van der Waals surface area contributed by atoms with Gasteiger partial charge in [0.1, 0.15) is 5.82 Å². The zero-order chi connectivity index (χ0) is 14.0. The molecule has 5 heteroatoms. The summed E-state index contributed by atoms with van der Waals surface area (Å²) in [6.45, 7) is 10.6. The van der Waals surface area contributed by atoms with Crippen molar-refractivity contribution in [2.75, 3.05) is 23.7 Å². The Bertz CT molecular complexity index is 448. The van der Waals surface area contributed by atoms with Gasteiger partial charge in [-0.05, 0) is 13.8 Å². The van der Waals surface area contributed by atoms with E-state index in [1.165, 1.54) is 0 Å². The van der Waals surface area contributed by atoms with Crippen LogP contribution in [0.15, 0.2) is 6.20 Å². The fourth-order valence-corrected chi connectivity index (χ4v) is 3.42. The molecule has 1 aromatic heterocycles. The Labute approximate surface area is 119 Å². The molecule has 0 spiro atoms. The second-order valence-electron chi connectivity index (χ2n) is 5.90. The Kier molecular flexibility index (Phi) is 4.36. The van der Waals surface area contributed by atoms with Gasteiger partial charge in [0.2, 0.25) is 0 Å². The summed E-state index contributed by atoms with van der Waals surface area (Å²) in [7, 11) is 0. The van der Waals surface area contributed by atoms with Crippen LogP contribution < -0.4 is 4.90 Å². The van der Waals surface area contributed by atoms with E-state index in [9.17, 15) is 5.11 Å². The molecular formula is C14H23N3OS. The van der Waals surface area contributed by atoms with Crippen LogP contribution >= 0.6 is 11.8 Å². The Morgan fingerprint density at radius 1 is 1.47 bits per heavy atom. The van der Waals surface area contributed by atoms with E-state index in [1.807, 2.05) is 18.0 Å². The van der Waals surface area contributed by atoms with Gasteiger partial charge in [-0.25, -0.2) is 9.97 Å². The number of nitrogens with zero attached hydrogens (tertiary/aromatic N) is 3. The second kappa shape index (κ2) is 5.67. The van der Waals surface area contributed by atoms with E-state index in [0.717, 1.165) is 36.0 Å². The molecule has 0 unspecified atom stereocenters. The molecule has 1 aromatic rings. The average Bonchev–Trinajstić information content (AvgIpc) is 2.36. The van der Waals surface area contributed by atoms with E-state index in [0.29, 0.717) is 0 Å². The Morgan fingerprint density at radius 2 is 2.21 bits per heavy atom. The molecule has 0 amide bonds. The summed E-state index contributed by atoms with van der Waals surface area (Å²) in [4.78, 5) is 11.2. The van der Waals surface area contributed by atoms with Crippen LogP contribution in [0.5, 0.6) is 0 Å². The predicted octanol–water partition coefficient (Wildman–Crippen LogP) is 2.42. The van der Waals surface area contributed by atoms with Crippen LogP contribution in [0.3, 0.4) is 0 Å². The molecule has 4 nitrogen and oxygen atoms in total. The van der Waals surface area contributed by atoms with Crippen molar-refractivity contribution in [3.05, 3.63) is 17.7 Å². The zero-order valence-corrected chi connectivity index (χ0v) is 13.0. The lowest BCUT2D eigenvalue weighted by atomic mass is 10.1. The zero-order valence-electron chi connectivity index (χ0n) is 12.2. The molecule has 106 valence electrons. The van der Waals surface area contributed by atoms with Crippen molar-refractivity contribution < 1.29 is 5.11 Å². The van der Waals surface area contributed by atoms with E-state index >= 15 is 0 Å². The third-order valence-electron chi connectivity index (χ3n) is 3.30. The van der Waals surface area contributed by atoms with Crippen molar-refractivity contribution in [2.45, 2.75) is 45.0 Å². The highest BCUT2D eigenvalue weighted by Crippen LogP contribution is 2.33. The van der Waals surface area contributed by atoms with Crippen LogP contribution in [-0.2, 0) is 6.61 Å². The number of aliphatic hydroxyl groups excluding tert-OH is 1. The topological polar surface area (TPSA) is 49.2 Å². The lowest BCUT2D eigenvalue weighted by Gasteiger charge is -2.39. The molecule has 1 aliphatic rings. The molecule has 1 saturated heterocycles. The van der Waals surface area contributed by atoms with Crippen LogP contribution in [-0.4, -0.2) is 38.7 Å². The van der Waals surface area contributed by atoms with E-state index in [4.69, 9.17) is 0 Å². The maximum absolute atomic E-state index is 9.56. The first kappa shape index (κ1) is 14.6. The summed E-state index contributed by atoms with van der Waals surface area (Å²) in [5, 5.41) is 9.56. The fourth-order valence-electron chi connectivity index (χ4n) is 2.31. The van der Waals surface area contributed by atoms with Crippen molar-refractivity contribution >= 4 is 17.4 Å². The fraction of sp³-hybridized carbons (Fsp3) is 0.714. The molecular weight excluding hydrogens is 258 g/mol. The van der Waals surface area contributed by atoms with Gasteiger partial charge in [0, 0.05) is 29.5 Å². The summed E-state index contributed by atoms with van der Waals surface area (Å²) in [5.41, 5.74) is 1.74. The van der Waals surface area contributed by atoms with E-state index in [2.05, 4.69) is 42.6 Å². The molecule has 1 aliphatic heterocycles. The molecule has 2 rings (SSSR count). The standard InChI is InChI=1S/C14H23N3OS/c1-10(2)13-15-7-12(11(8-18)16-13)17-5-6-19-14(3,4)9-17/h7,10,18H,5-6,8-9H2,1-4H3. The monoisotopic (exact) mass is 281 g/mol. The van der Waals surface area contributed by atoms with Gasteiger partial charge in [-0.1, -0.05) is 13.8 Å². The van der Waals surface area contributed by atoms with Gasteiger partial charge in [0.25, 0.3) is 0 Å². The molecule has 1 N–H and O–H groups in total. The first-order chi connectivity index (χ1) is 8.93. The number of aromatic nitrogens is 2. The summed E-state index contributed by atoms with van der Waals surface area (Å²) in [6, 6.07) is 0. The molecule has 1 fully saturated rings. The third-order valence-corrected chi connectivity index (χ3v) is 4.59. The first-order valence-corrected chi connectivity index (χ1v) is 7.77. The first-order valence-electron chi connectivity index (χ1n) is 6.78. The highest BCUT2D eigenvalue weighted by molar-refractivity contribution is 8.00. The second-order valence-corrected chi connectivity index (χ2v) is 7.70. The van der Waals surface area contributed by atoms with Gasteiger partial charge >= 0.3 is 0 Å². The summed E-state index contributed by atoms with van der Waals surface area (Å²) < 4.78 is 0.238. The van der Waals surface area contributed by atoms with Crippen LogP contribution in [0.1, 0.15) is 45.1 Å². The van der Waals surface area contributed by atoms with Crippen molar-refractivity contribution in [3.63, 3.8) is 0 Å².